The van der Waals surface area contributed by atoms with Gasteiger partial charge in [-0.15, -0.1) is 0 Å². The second-order valence-electron chi connectivity index (χ2n) is 14.3. The fourth-order valence-corrected chi connectivity index (χ4v) is 7.56. The molecule has 0 saturated heterocycles. The number of aliphatic hydroxyl groups is 2. The minimum absolute atomic E-state index is 0. The third-order valence-corrected chi connectivity index (χ3v) is 10.7. The first-order valence-corrected chi connectivity index (χ1v) is 20.0. The van der Waals surface area contributed by atoms with Crippen molar-refractivity contribution in [2.45, 2.75) is 46.5 Å². The predicted molar refractivity (Wildman–Crippen MR) is 246 cm³/mol. The summed E-state index contributed by atoms with van der Waals surface area (Å²) >= 11 is 0. The Balaban J connectivity index is 0.000000176. The number of hydrogen-bond donors (Lipinski definition) is 2. The van der Waals surface area contributed by atoms with Crippen LogP contribution in [0.1, 0.15) is 56.0 Å². The van der Waals surface area contributed by atoms with Gasteiger partial charge in [-0.05, 0) is 109 Å². The third kappa shape index (κ3) is 10.0. The van der Waals surface area contributed by atoms with Crippen molar-refractivity contribution in [2.75, 3.05) is 33.5 Å². The SMILES string of the molecule is C.CC1(c2ccc3cc(OCCO)ccc3c2)c2ccccc2-c2ccccc21.CCc1ccc2ccccc2c1.CCc1ccc2ccccc2c1.COCCO. The summed E-state index contributed by atoms with van der Waals surface area (Å²) in [5.74, 6) is 0.789. The molecule has 1 aliphatic rings. The van der Waals surface area contributed by atoms with Gasteiger partial charge in [0.25, 0.3) is 0 Å². The minimum atomic E-state index is -0.173. The number of rotatable bonds is 8. The third-order valence-electron chi connectivity index (χ3n) is 10.7. The van der Waals surface area contributed by atoms with Gasteiger partial charge >= 0.3 is 0 Å². The van der Waals surface area contributed by atoms with E-state index in [9.17, 15) is 0 Å². The molecule has 8 aromatic carbocycles. The summed E-state index contributed by atoms with van der Waals surface area (Å²) in [6.07, 6.45) is 2.23. The molecule has 0 spiro atoms. The number of aryl methyl sites for hydroxylation is 2. The molecule has 4 heteroatoms. The highest BCUT2D eigenvalue weighted by atomic mass is 16.5. The van der Waals surface area contributed by atoms with Crippen molar-refractivity contribution in [1.29, 1.82) is 0 Å². The van der Waals surface area contributed by atoms with Crippen LogP contribution in [0.5, 0.6) is 5.75 Å². The first-order valence-electron chi connectivity index (χ1n) is 20.0. The van der Waals surface area contributed by atoms with E-state index < -0.39 is 0 Å². The Morgan fingerprint density at radius 2 is 0.897 bits per heavy atom. The summed E-state index contributed by atoms with van der Waals surface area (Å²) in [4.78, 5) is 0. The van der Waals surface area contributed by atoms with Gasteiger partial charge in [0, 0.05) is 12.5 Å². The molecule has 9 rings (SSSR count). The van der Waals surface area contributed by atoms with Crippen molar-refractivity contribution >= 4 is 32.3 Å². The highest BCUT2D eigenvalue weighted by Crippen LogP contribution is 2.52. The molecule has 0 amide bonds. The Labute approximate surface area is 345 Å². The van der Waals surface area contributed by atoms with Crippen molar-refractivity contribution in [1.82, 2.24) is 0 Å². The maximum atomic E-state index is 8.96. The van der Waals surface area contributed by atoms with E-state index in [1.54, 1.807) is 7.11 Å². The quantitative estimate of drug-likeness (QED) is 0.162. The maximum Gasteiger partial charge on any atom is 0.120 e. The molecule has 0 atom stereocenters. The second kappa shape index (κ2) is 21.1. The van der Waals surface area contributed by atoms with Crippen molar-refractivity contribution in [3.05, 3.63) is 198 Å². The second-order valence-corrected chi connectivity index (χ2v) is 14.3. The zero-order valence-electron chi connectivity index (χ0n) is 33.6. The number of methoxy groups -OCH3 is 1. The molecular formula is C54H58O4. The Hall–Kier alpha value is -5.78. The Morgan fingerprint density at radius 3 is 1.38 bits per heavy atom. The topological polar surface area (TPSA) is 58.9 Å². The van der Waals surface area contributed by atoms with Crippen LogP contribution in [-0.2, 0) is 23.0 Å². The van der Waals surface area contributed by atoms with Crippen molar-refractivity contribution in [3.8, 4) is 16.9 Å². The molecule has 1 aliphatic carbocycles. The van der Waals surface area contributed by atoms with Gasteiger partial charge in [0.1, 0.15) is 12.4 Å². The average molecular weight is 771 g/mol. The van der Waals surface area contributed by atoms with Gasteiger partial charge in [0.15, 0.2) is 0 Å². The first-order chi connectivity index (χ1) is 27.9. The molecule has 0 aliphatic heterocycles. The maximum absolute atomic E-state index is 8.96. The summed E-state index contributed by atoms with van der Waals surface area (Å²) < 4.78 is 10.00. The lowest BCUT2D eigenvalue weighted by Crippen LogP contribution is -2.22. The highest BCUT2D eigenvalue weighted by molar-refractivity contribution is 5.88. The molecule has 8 aromatic rings. The monoisotopic (exact) mass is 770 g/mol. The predicted octanol–water partition coefficient (Wildman–Crippen LogP) is 12.6. The molecule has 0 unspecified atom stereocenters. The van der Waals surface area contributed by atoms with Crippen molar-refractivity contribution < 1.29 is 19.7 Å². The van der Waals surface area contributed by atoms with Gasteiger partial charge in [-0.2, -0.15) is 0 Å². The van der Waals surface area contributed by atoms with E-state index in [0.29, 0.717) is 13.2 Å². The highest BCUT2D eigenvalue weighted by Gasteiger charge is 2.40. The largest absolute Gasteiger partial charge is 0.491 e. The smallest absolute Gasteiger partial charge is 0.120 e. The molecule has 4 nitrogen and oxygen atoms in total. The molecule has 298 valence electrons. The lowest BCUT2D eigenvalue weighted by Gasteiger charge is -2.28. The van der Waals surface area contributed by atoms with Crippen LogP contribution in [0.15, 0.2) is 170 Å². The zero-order chi connectivity index (χ0) is 40.0. The standard InChI is InChI=1S/C26H22O2.2C12H12.C3H8O2.CH4/c1-26(24-8-4-2-6-22(24)23-7-3-5-9-25(23)26)20-12-10-19-17-21(28-15-14-27)13-11-18(19)16-20;2*1-2-10-7-8-11-5-3-4-6-12(11)9-10;1-5-3-2-4;/h2-13,16-17,27H,14-15H2,1H3;2*3-9H,2H2,1H3;4H,2-3H2,1H3;1H4. The average Bonchev–Trinajstić information content (AvgIpc) is 3.54. The Morgan fingerprint density at radius 1 is 0.466 bits per heavy atom. The summed E-state index contributed by atoms with van der Waals surface area (Å²) in [7, 11) is 1.55. The van der Waals surface area contributed by atoms with Crippen LogP contribution in [0.3, 0.4) is 0 Å². The Bertz CT molecular complexity index is 2390. The molecule has 0 radical (unpaired) electrons. The fraction of sp³-hybridized carbons (Fsp3) is 0.222. The van der Waals surface area contributed by atoms with Crippen LogP contribution in [0.4, 0.5) is 0 Å². The summed E-state index contributed by atoms with van der Waals surface area (Å²) in [5.41, 5.74) is 9.32. The number of benzene rings is 8. The van der Waals surface area contributed by atoms with Gasteiger partial charge in [0.2, 0.25) is 0 Å². The van der Waals surface area contributed by atoms with E-state index in [1.807, 2.05) is 12.1 Å². The molecular weight excluding hydrogens is 713 g/mol. The summed E-state index contributed by atoms with van der Waals surface area (Å²) in [5, 5.41) is 24.6. The van der Waals surface area contributed by atoms with Gasteiger partial charge in [0.05, 0.1) is 19.8 Å². The van der Waals surface area contributed by atoms with Crippen LogP contribution < -0.4 is 4.74 Å². The molecule has 58 heavy (non-hydrogen) atoms. The van der Waals surface area contributed by atoms with E-state index in [0.717, 1.165) is 24.0 Å². The van der Waals surface area contributed by atoms with Crippen LogP contribution in [0.25, 0.3) is 43.4 Å². The number of fused-ring (bicyclic) bond motifs is 6. The van der Waals surface area contributed by atoms with Crippen LogP contribution in [-0.4, -0.2) is 43.8 Å². The molecule has 0 saturated carbocycles. The van der Waals surface area contributed by atoms with Gasteiger partial charge in [-0.3, -0.25) is 0 Å². The number of hydrogen-bond acceptors (Lipinski definition) is 4. The lowest BCUT2D eigenvalue weighted by atomic mass is 9.74. The van der Waals surface area contributed by atoms with E-state index >= 15 is 0 Å². The van der Waals surface area contributed by atoms with Crippen molar-refractivity contribution in [3.63, 3.8) is 0 Å². The van der Waals surface area contributed by atoms with E-state index in [4.69, 9.17) is 14.9 Å². The molecule has 0 fully saturated rings. The Kier molecular flexibility index (Phi) is 15.8. The molecule has 0 heterocycles. The molecule has 0 bridgehead atoms. The van der Waals surface area contributed by atoms with Gasteiger partial charge in [-0.1, -0.05) is 173 Å². The van der Waals surface area contributed by atoms with E-state index in [2.05, 4.69) is 183 Å². The normalized spacial score (nSPS) is 11.8. The fourth-order valence-electron chi connectivity index (χ4n) is 7.56. The van der Waals surface area contributed by atoms with Crippen molar-refractivity contribution in [2.24, 2.45) is 0 Å². The van der Waals surface area contributed by atoms with Gasteiger partial charge in [-0.25, -0.2) is 0 Å². The molecule has 0 aromatic heterocycles. The van der Waals surface area contributed by atoms with Crippen LogP contribution >= 0.6 is 0 Å². The summed E-state index contributed by atoms with van der Waals surface area (Å²) in [6.45, 7) is 7.60. The van der Waals surface area contributed by atoms with E-state index in [-0.39, 0.29) is 26.1 Å². The van der Waals surface area contributed by atoms with Crippen LogP contribution in [0, 0.1) is 0 Å². The molecule has 2 N–H and O–H groups in total. The number of ether oxygens (including phenoxy) is 2. The van der Waals surface area contributed by atoms with Crippen LogP contribution in [0.2, 0.25) is 0 Å². The van der Waals surface area contributed by atoms with Gasteiger partial charge < -0.3 is 19.7 Å². The minimum Gasteiger partial charge on any atom is -0.491 e. The first kappa shape index (κ1) is 43.3. The number of aliphatic hydroxyl groups excluding tert-OH is 2. The van der Waals surface area contributed by atoms with E-state index in [1.165, 1.54) is 65.9 Å². The lowest BCUT2D eigenvalue weighted by molar-refractivity contribution is 0.135. The summed E-state index contributed by atoms with van der Waals surface area (Å²) in [6, 6.07) is 60.5. The zero-order valence-corrected chi connectivity index (χ0v) is 33.6.